The summed E-state index contributed by atoms with van der Waals surface area (Å²) >= 11 is 0. The topological polar surface area (TPSA) is 55.4 Å². The molecule has 0 aliphatic heterocycles. The number of anilines is 1. The minimum absolute atomic E-state index is 0.0484. The molecule has 3 rings (SSSR count). The maximum atomic E-state index is 12.0. The van der Waals surface area contributed by atoms with Gasteiger partial charge in [-0.1, -0.05) is 67.6 Å². The predicted octanol–water partition coefficient (Wildman–Crippen LogP) is 4.52. The average molecular weight is 347 g/mol. The zero-order valence-corrected chi connectivity index (χ0v) is 14.6. The van der Waals surface area contributed by atoms with E-state index >= 15 is 0 Å². The van der Waals surface area contributed by atoms with E-state index < -0.39 is 0 Å². The summed E-state index contributed by atoms with van der Waals surface area (Å²) in [6.07, 6.45) is 0.243. The molecule has 0 aromatic heterocycles. The number of esters is 1. The Labute approximate surface area is 152 Å². The van der Waals surface area contributed by atoms with Crippen LogP contribution in [0.5, 0.6) is 0 Å². The minimum atomic E-state index is -0.380. The fraction of sp³-hybridized carbons (Fsp3) is 0.182. The molecule has 26 heavy (non-hydrogen) atoms. The minimum Gasteiger partial charge on any atom is -0.456 e. The Hall–Kier alpha value is -3.14. The van der Waals surface area contributed by atoms with E-state index in [-0.39, 0.29) is 30.8 Å². The number of carbonyl (C=O) groups is 2. The van der Waals surface area contributed by atoms with Crippen molar-refractivity contribution in [3.8, 4) is 0 Å². The number of rotatable bonds is 6. The van der Waals surface area contributed by atoms with Gasteiger partial charge in [-0.05, 0) is 34.4 Å². The molecule has 0 aliphatic rings. The van der Waals surface area contributed by atoms with Crippen LogP contribution >= 0.6 is 0 Å². The highest BCUT2D eigenvalue weighted by Gasteiger charge is 2.13. The van der Waals surface area contributed by atoms with E-state index in [1.54, 1.807) is 0 Å². The molecule has 4 heteroatoms. The first kappa shape index (κ1) is 17.7. The van der Waals surface area contributed by atoms with E-state index in [0.29, 0.717) is 5.69 Å². The first-order valence-corrected chi connectivity index (χ1v) is 8.61. The average Bonchev–Trinajstić information content (AvgIpc) is 2.67. The van der Waals surface area contributed by atoms with E-state index in [4.69, 9.17) is 4.74 Å². The summed E-state index contributed by atoms with van der Waals surface area (Å²) in [6.45, 7) is 1.68. The maximum Gasteiger partial charge on any atom is 0.306 e. The van der Waals surface area contributed by atoms with Gasteiger partial charge >= 0.3 is 5.97 Å². The molecule has 0 saturated carbocycles. The molecular formula is C22H21NO3. The van der Waals surface area contributed by atoms with Crippen molar-refractivity contribution in [1.29, 1.82) is 0 Å². The first-order valence-electron chi connectivity index (χ1n) is 8.61. The van der Waals surface area contributed by atoms with Crippen molar-refractivity contribution in [2.45, 2.75) is 19.3 Å². The summed E-state index contributed by atoms with van der Waals surface area (Å²) < 4.78 is 5.10. The van der Waals surface area contributed by atoms with Gasteiger partial charge in [-0.15, -0.1) is 0 Å². The van der Waals surface area contributed by atoms with Crippen molar-refractivity contribution in [2.24, 2.45) is 0 Å². The lowest BCUT2D eigenvalue weighted by atomic mass is 9.98. The Kier molecular flexibility index (Phi) is 5.64. The third-order valence-corrected chi connectivity index (χ3v) is 4.24. The summed E-state index contributed by atoms with van der Waals surface area (Å²) in [4.78, 5) is 24.0. The van der Waals surface area contributed by atoms with Gasteiger partial charge in [0.25, 0.3) is 5.91 Å². The van der Waals surface area contributed by atoms with Crippen LogP contribution in [0.15, 0.2) is 72.8 Å². The number of benzene rings is 3. The van der Waals surface area contributed by atoms with Crippen molar-refractivity contribution in [3.05, 3.63) is 78.4 Å². The lowest BCUT2D eigenvalue weighted by molar-refractivity contribution is -0.147. The van der Waals surface area contributed by atoms with Crippen molar-refractivity contribution in [3.63, 3.8) is 0 Å². The molecule has 3 aromatic carbocycles. The summed E-state index contributed by atoms with van der Waals surface area (Å²) in [5.41, 5.74) is 1.76. The quantitative estimate of drug-likeness (QED) is 0.667. The Bertz CT molecular complexity index is 905. The first-order chi connectivity index (χ1) is 12.6. The smallest absolute Gasteiger partial charge is 0.306 e. The van der Waals surface area contributed by atoms with Crippen molar-refractivity contribution in [2.75, 3.05) is 11.9 Å². The van der Waals surface area contributed by atoms with Crippen LogP contribution in [0.4, 0.5) is 5.69 Å². The number of carbonyl (C=O) groups excluding carboxylic acids is 2. The van der Waals surface area contributed by atoms with Gasteiger partial charge in [0.1, 0.15) is 0 Å². The monoisotopic (exact) mass is 347 g/mol. The van der Waals surface area contributed by atoms with Gasteiger partial charge in [0.05, 0.1) is 6.42 Å². The molecule has 0 fully saturated rings. The predicted molar refractivity (Wildman–Crippen MR) is 103 cm³/mol. The van der Waals surface area contributed by atoms with Gasteiger partial charge in [-0.3, -0.25) is 9.59 Å². The summed E-state index contributed by atoms with van der Waals surface area (Å²) in [5.74, 6) is -0.678. The second-order valence-electron chi connectivity index (χ2n) is 6.29. The van der Waals surface area contributed by atoms with Gasteiger partial charge in [0.2, 0.25) is 0 Å². The summed E-state index contributed by atoms with van der Waals surface area (Å²) in [6, 6.07) is 23.3. The zero-order valence-electron chi connectivity index (χ0n) is 14.6. The number of ether oxygens (including phenoxy) is 1. The molecule has 0 saturated heterocycles. The van der Waals surface area contributed by atoms with Crippen LogP contribution in [0, 0.1) is 0 Å². The Balaban J connectivity index is 1.49. The lowest BCUT2D eigenvalue weighted by Gasteiger charge is -2.11. The Morgan fingerprint density at radius 2 is 1.62 bits per heavy atom. The SMILES string of the molecule is C[C@@H](CC(=O)OCC(=O)Nc1ccc2ccccc2c1)c1ccccc1. The van der Waals surface area contributed by atoms with E-state index in [0.717, 1.165) is 16.3 Å². The van der Waals surface area contributed by atoms with Gasteiger partial charge in [-0.2, -0.15) is 0 Å². The zero-order chi connectivity index (χ0) is 18.4. The molecule has 3 aromatic rings. The third kappa shape index (κ3) is 4.70. The molecule has 1 atom stereocenters. The van der Waals surface area contributed by atoms with Crippen molar-refractivity contribution in [1.82, 2.24) is 0 Å². The molecule has 1 amide bonds. The second kappa shape index (κ2) is 8.30. The second-order valence-corrected chi connectivity index (χ2v) is 6.29. The van der Waals surface area contributed by atoms with Gasteiger partial charge in [0, 0.05) is 5.69 Å². The molecule has 0 spiro atoms. The number of amides is 1. The summed E-state index contributed by atoms with van der Waals surface area (Å²) in [7, 11) is 0. The normalized spacial score (nSPS) is 11.7. The highest BCUT2D eigenvalue weighted by Crippen LogP contribution is 2.20. The van der Waals surface area contributed by atoms with Crippen LogP contribution in [0.25, 0.3) is 10.8 Å². The third-order valence-electron chi connectivity index (χ3n) is 4.24. The van der Waals surface area contributed by atoms with E-state index in [1.807, 2.05) is 79.7 Å². The Morgan fingerprint density at radius 3 is 2.38 bits per heavy atom. The molecule has 0 aliphatic carbocycles. The van der Waals surface area contributed by atoms with Crippen LogP contribution in [0.3, 0.4) is 0 Å². The maximum absolute atomic E-state index is 12.0. The fourth-order valence-electron chi connectivity index (χ4n) is 2.82. The lowest BCUT2D eigenvalue weighted by Crippen LogP contribution is -2.21. The molecule has 0 radical (unpaired) electrons. The molecule has 0 heterocycles. The largest absolute Gasteiger partial charge is 0.456 e. The molecular weight excluding hydrogens is 326 g/mol. The van der Waals surface area contributed by atoms with Crippen LogP contribution in [0.1, 0.15) is 24.8 Å². The molecule has 0 unspecified atom stereocenters. The highest BCUT2D eigenvalue weighted by molar-refractivity contribution is 5.95. The van der Waals surface area contributed by atoms with E-state index in [9.17, 15) is 9.59 Å². The number of hydrogen-bond donors (Lipinski definition) is 1. The van der Waals surface area contributed by atoms with Gasteiger partial charge in [-0.25, -0.2) is 0 Å². The molecule has 0 bridgehead atoms. The standard InChI is InChI=1S/C22H21NO3/c1-16(17-7-3-2-4-8-17)13-22(25)26-15-21(24)23-20-12-11-18-9-5-6-10-19(18)14-20/h2-12,14,16H,13,15H2,1H3,(H,23,24)/t16-/m0/s1. The van der Waals surface area contributed by atoms with Crippen molar-refractivity contribution < 1.29 is 14.3 Å². The number of hydrogen-bond acceptors (Lipinski definition) is 3. The Morgan fingerprint density at radius 1 is 0.923 bits per heavy atom. The number of nitrogens with one attached hydrogen (secondary N) is 1. The molecule has 4 nitrogen and oxygen atoms in total. The van der Waals surface area contributed by atoms with E-state index in [2.05, 4.69) is 5.32 Å². The van der Waals surface area contributed by atoms with Crippen LogP contribution in [0.2, 0.25) is 0 Å². The summed E-state index contributed by atoms with van der Waals surface area (Å²) in [5, 5.41) is 4.90. The number of fused-ring (bicyclic) bond motifs is 1. The molecule has 132 valence electrons. The van der Waals surface area contributed by atoms with Crippen LogP contribution in [-0.4, -0.2) is 18.5 Å². The van der Waals surface area contributed by atoms with Crippen LogP contribution < -0.4 is 5.32 Å². The highest BCUT2D eigenvalue weighted by atomic mass is 16.5. The van der Waals surface area contributed by atoms with Crippen molar-refractivity contribution >= 4 is 28.3 Å². The van der Waals surface area contributed by atoms with Gasteiger partial charge in [0.15, 0.2) is 6.61 Å². The fourth-order valence-corrected chi connectivity index (χ4v) is 2.82. The molecule has 1 N–H and O–H groups in total. The van der Waals surface area contributed by atoms with Gasteiger partial charge < -0.3 is 10.1 Å². The van der Waals surface area contributed by atoms with E-state index in [1.165, 1.54) is 0 Å². The van der Waals surface area contributed by atoms with Crippen LogP contribution in [-0.2, 0) is 14.3 Å².